The van der Waals surface area contributed by atoms with Crippen molar-refractivity contribution in [2.24, 2.45) is 7.05 Å². The number of para-hydroxylation sites is 1. The van der Waals surface area contributed by atoms with Gasteiger partial charge in [-0.05, 0) is 18.6 Å². The van der Waals surface area contributed by atoms with E-state index in [9.17, 15) is 14.7 Å². The third-order valence-electron chi connectivity index (χ3n) is 3.90. The summed E-state index contributed by atoms with van der Waals surface area (Å²) < 4.78 is 1.80. The molecule has 0 bridgehead atoms. The Morgan fingerprint density at radius 1 is 1.32 bits per heavy atom. The normalized spacial score (nSPS) is 11.8. The predicted octanol–water partition coefficient (Wildman–Crippen LogP) is 0.844. The fourth-order valence-corrected chi connectivity index (χ4v) is 2.45. The molecule has 1 atom stereocenters. The molecule has 0 radical (unpaired) electrons. The van der Waals surface area contributed by atoms with Gasteiger partial charge in [-0.3, -0.25) is 4.79 Å². The fourth-order valence-electron chi connectivity index (χ4n) is 2.45. The Kier molecular flexibility index (Phi) is 6.50. The van der Waals surface area contributed by atoms with E-state index in [2.05, 4.69) is 15.5 Å². The topological polar surface area (TPSA) is 100 Å². The molecule has 0 saturated heterocycles. The molecule has 0 aliphatic heterocycles. The molecule has 8 heteroatoms. The number of hydrogen-bond donors (Lipinski definition) is 2. The van der Waals surface area contributed by atoms with Gasteiger partial charge in [-0.25, -0.2) is 4.79 Å². The van der Waals surface area contributed by atoms with Crippen LogP contribution in [0.2, 0.25) is 0 Å². The number of benzene rings is 1. The van der Waals surface area contributed by atoms with Crippen molar-refractivity contribution in [3.8, 4) is 0 Å². The van der Waals surface area contributed by atoms with Crippen molar-refractivity contribution < 1.29 is 14.7 Å². The third kappa shape index (κ3) is 5.59. The van der Waals surface area contributed by atoms with E-state index in [1.807, 2.05) is 37.4 Å². The average Bonchev–Trinajstić information content (AvgIpc) is 3.00. The lowest BCUT2D eigenvalue weighted by Crippen LogP contribution is -2.47. The van der Waals surface area contributed by atoms with Crippen molar-refractivity contribution in [1.82, 2.24) is 20.1 Å². The van der Waals surface area contributed by atoms with E-state index in [1.54, 1.807) is 22.8 Å². The largest absolute Gasteiger partial charge is 0.480 e. The van der Waals surface area contributed by atoms with Crippen LogP contribution in [0, 0.1) is 0 Å². The van der Waals surface area contributed by atoms with Gasteiger partial charge in [0, 0.05) is 39.2 Å². The van der Waals surface area contributed by atoms with E-state index in [0.717, 1.165) is 11.5 Å². The molecular formula is C17H23N5O3. The molecule has 1 aromatic carbocycles. The van der Waals surface area contributed by atoms with Crippen molar-refractivity contribution in [1.29, 1.82) is 0 Å². The Hall–Kier alpha value is -2.90. The molecule has 0 saturated carbocycles. The van der Waals surface area contributed by atoms with E-state index in [4.69, 9.17) is 0 Å². The molecule has 0 aliphatic carbocycles. The van der Waals surface area contributed by atoms with E-state index in [-0.39, 0.29) is 18.9 Å². The minimum Gasteiger partial charge on any atom is -0.480 e. The Morgan fingerprint density at radius 2 is 2.04 bits per heavy atom. The number of amides is 1. The average molecular weight is 345 g/mol. The molecule has 0 spiro atoms. The first-order valence-electron chi connectivity index (χ1n) is 8.08. The zero-order valence-corrected chi connectivity index (χ0v) is 14.4. The van der Waals surface area contributed by atoms with Crippen molar-refractivity contribution in [2.45, 2.75) is 25.3 Å². The number of anilines is 1. The van der Waals surface area contributed by atoms with Gasteiger partial charge in [-0.2, -0.15) is 0 Å². The molecule has 0 fully saturated rings. The summed E-state index contributed by atoms with van der Waals surface area (Å²) >= 11 is 0. The van der Waals surface area contributed by atoms with Gasteiger partial charge in [0.05, 0.1) is 0 Å². The van der Waals surface area contributed by atoms with Crippen LogP contribution in [0.15, 0.2) is 36.7 Å². The number of aryl methyl sites for hydroxylation is 2. The monoisotopic (exact) mass is 345 g/mol. The van der Waals surface area contributed by atoms with Crippen LogP contribution in [0.1, 0.15) is 18.7 Å². The summed E-state index contributed by atoms with van der Waals surface area (Å²) in [5, 5.41) is 19.7. The highest BCUT2D eigenvalue weighted by Gasteiger charge is 2.21. The summed E-state index contributed by atoms with van der Waals surface area (Å²) in [5.74, 6) is -0.535. The van der Waals surface area contributed by atoms with Gasteiger partial charge in [-0.1, -0.05) is 18.2 Å². The van der Waals surface area contributed by atoms with E-state index >= 15 is 0 Å². The highest BCUT2D eigenvalue weighted by Crippen LogP contribution is 2.11. The Balaban J connectivity index is 1.82. The fraction of sp³-hybridized carbons (Fsp3) is 0.412. The first kappa shape index (κ1) is 18.4. The first-order chi connectivity index (χ1) is 12.0. The van der Waals surface area contributed by atoms with Crippen molar-refractivity contribution in [3.63, 3.8) is 0 Å². The number of aliphatic carboxylic acids is 1. The molecule has 2 N–H and O–H groups in total. The second kappa shape index (κ2) is 8.81. The zero-order valence-electron chi connectivity index (χ0n) is 14.4. The summed E-state index contributed by atoms with van der Waals surface area (Å²) in [7, 11) is 3.64. The maximum absolute atomic E-state index is 12.1. The Morgan fingerprint density at radius 3 is 2.64 bits per heavy atom. The predicted molar refractivity (Wildman–Crippen MR) is 93.2 cm³/mol. The molecule has 2 aromatic rings. The maximum atomic E-state index is 12.1. The standard InChI is InChI=1S/C17H23N5O3/c1-21(13-7-4-3-5-8-13)11-14(17(24)25)19-16(23)10-6-9-15-20-18-12-22(15)2/h3-5,7-8,12,14H,6,9-11H2,1-2H3,(H,19,23)(H,24,25). The van der Waals surface area contributed by atoms with Crippen molar-refractivity contribution >= 4 is 17.6 Å². The summed E-state index contributed by atoms with van der Waals surface area (Å²) in [5.41, 5.74) is 0.894. The number of likely N-dealkylation sites (N-methyl/N-ethyl adjacent to an activating group) is 1. The molecule has 1 unspecified atom stereocenters. The highest BCUT2D eigenvalue weighted by atomic mass is 16.4. The van der Waals surface area contributed by atoms with Crippen molar-refractivity contribution in [3.05, 3.63) is 42.5 Å². The van der Waals surface area contributed by atoms with Crippen LogP contribution < -0.4 is 10.2 Å². The summed E-state index contributed by atoms with van der Waals surface area (Å²) in [6, 6.07) is 8.47. The van der Waals surface area contributed by atoms with E-state index in [1.165, 1.54) is 0 Å². The van der Waals surface area contributed by atoms with Crippen LogP contribution in [0.25, 0.3) is 0 Å². The second-order valence-electron chi connectivity index (χ2n) is 5.89. The molecule has 8 nitrogen and oxygen atoms in total. The number of carbonyl (C=O) groups excluding carboxylic acids is 1. The molecular weight excluding hydrogens is 322 g/mol. The molecule has 25 heavy (non-hydrogen) atoms. The van der Waals surface area contributed by atoms with E-state index in [0.29, 0.717) is 12.8 Å². The van der Waals surface area contributed by atoms with Crippen LogP contribution in [-0.4, -0.2) is 51.4 Å². The number of hydrogen-bond acceptors (Lipinski definition) is 5. The van der Waals surface area contributed by atoms with Gasteiger partial charge < -0.3 is 19.9 Å². The molecule has 1 heterocycles. The summed E-state index contributed by atoms with van der Waals surface area (Å²) in [6.07, 6.45) is 3.05. The second-order valence-corrected chi connectivity index (χ2v) is 5.89. The summed E-state index contributed by atoms with van der Waals surface area (Å²) in [4.78, 5) is 25.3. The van der Waals surface area contributed by atoms with Gasteiger partial charge in [0.2, 0.25) is 5.91 Å². The first-order valence-corrected chi connectivity index (χ1v) is 8.08. The van der Waals surface area contributed by atoms with Gasteiger partial charge in [0.1, 0.15) is 18.2 Å². The quantitative estimate of drug-likeness (QED) is 0.699. The zero-order chi connectivity index (χ0) is 18.2. The molecule has 0 aliphatic rings. The Bertz CT molecular complexity index is 701. The summed E-state index contributed by atoms with van der Waals surface area (Å²) in [6.45, 7) is 0.189. The smallest absolute Gasteiger partial charge is 0.328 e. The lowest BCUT2D eigenvalue weighted by Gasteiger charge is -2.24. The van der Waals surface area contributed by atoms with Crippen LogP contribution >= 0.6 is 0 Å². The van der Waals surface area contributed by atoms with Crippen LogP contribution in [-0.2, 0) is 23.1 Å². The Labute approximate surface area is 146 Å². The maximum Gasteiger partial charge on any atom is 0.328 e. The third-order valence-corrected chi connectivity index (χ3v) is 3.90. The number of aromatic nitrogens is 3. The number of carboxylic acid groups (broad SMARTS) is 1. The van der Waals surface area contributed by atoms with Gasteiger partial charge in [-0.15, -0.1) is 10.2 Å². The lowest BCUT2D eigenvalue weighted by molar-refractivity contribution is -0.141. The molecule has 1 amide bonds. The molecule has 1 aromatic heterocycles. The number of carbonyl (C=O) groups is 2. The van der Waals surface area contributed by atoms with Gasteiger partial charge >= 0.3 is 5.97 Å². The number of nitrogens with one attached hydrogen (secondary N) is 1. The van der Waals surface area contributed by atoms with E-state index < -0.39 is 12.0 Å². The lowest BCUT2D eigenvalue weighted by atomic mass is 10.2. The van der Waals surface area contributed by atoms with Crippen molar-refractivity contribution in [2.75, 3.05) is 18.5 Å². The number of nitrogens with zero attached hydrogens (tertiary/aromatic N) is 4. The van der Waals surface area contributed by atoms with Crippen LogP contribution in [0.5, 0.6) is 0 Å². The van der Waals surface area contributed by atoms with Crippen LogP contribution in [0.4, 0.5) is 5.69 Å². The van der Waals surface area contributed by atoms with Gasteiger partial charge in [0.15, 0.2) is 0 Å². The molecule has 2 rings (SSSR count). The van der Waals surface area contributed by atoms with Gasteiger partial charge in [0.25, 0.3) is 0 Å². The minimum atomic E-state index is -1.05. The molecule has 134 valence electrons. The number of rotatable bonds is 9. The van der Waals surface area contributed by atoms with Crippen LogP contribution in [0.3, 0.4) is 0 Å². The SMILES string of the molecule is CN(CC(NC(=O)CCCc1nncn1C)C(=O)O)c1ccccc1. The highest BCUT2D eigenvalue weighted by molar-refractivity contribution is 5.84. The minimum absolute atomic E-state index is 0.189. The number of carboxylic acids is 1.